The van der Waals surface area contributed by atoms with Crippen LogP contribution >= 0.6 is 11.8 Å². The number of thioether (sulfide) groups is 1. The molecule has 1 unspecified atom stereocenters. The third-order valence-electron chi connectivity index (χ3n) is 7.63. The van der Waals surface area contributed by atoms with Gasteiger partial charge in [0.2, 0.25) is 0 Å². The van der Waals surface area contributed by atoms with Gasteiger partial charge in [0.25, 0.3) is 0 Å². The zero-order valence-corrected chi connectivity index (χ0v) is 25.7. The summed E-state index contributed by atoms with van der Waals surface area (Å²) in [5.74, 6) is 0.528. The molecular formula is C33H66O2S. The first-order valence-electron chi connectivity index (χ1n) is 16.5. The van der Waals surface area contributed by atoms with Gasteiger partial charge in [-0.2, -0.15) is 11.8 Å². The van der Waals surface area contributed by atoms with Crippen LogP contribution in [0.25, 0.3) is 0 Å². The van der Waals surface area contributed by atoms with Crippen molar-refractivity contribution >= 4 is 17.7 Å². The molecular weight excluding hydrogens is 460 g/mol. The molecule has 0 bridgehead atoms. The van der Waals surface area contributed by atoms with E-state index < -0.39 is 5.97 Å². The monoisotopic (exact) mass is 526 g/mol. The van der Waals surface area contributed by atoms with E-state index in [0.29, 0.717) is 11.7 Å². The van der Waals surface area contributed by atoms with Gasteiger partial charge in [-0.3, -0.25) is 4.79 Å². The highest BCUT2D eigenvalue weighted by atomic mass is 32.2. The van der Waals surface area contributed by atoms with Gasteiger partial charge in [-0.05, 0) is 18.6 Å². The maximum Gasteiger partial charge on any atom is 0.304 e. The minimum Gasteiger partial charge on any atom is -0.481 e. The van der Waals surface area contributed by atoms with E-state index in [0.717, 1.165) is 12.2 Å². The molecule has 0 fully saturated rings. The molecule has 0 aliphatic rings. The normalized spacial score (nSPS) is 12.3. The third kappa shape index (κ3) is 30.0. The Morgan fingerprint density at radius 3 is 1.14 bits per heavy atom. The lowest BCUT2D eigenvalue weighted by atomic mass is 10.0. The number of carboxylic acid groups (broad SMARTS) is 1. The summed E-state index contributed by atoms with van der Waals surface area (Å²) in [7, 11) is 0. The average molecular weight is 527 g/mol. The van der Waals surface area contributed by atoms with Crippen molar-refractivity contribution in [3.05, 3.63) is 0 Å². The molecule has 36 heavy (non-hydrogen) atoms. The number of rotatable bonds is 31. The van der Waals surface area contributed by atoms with Crippen molar-refractivity contribution in [1.82, 2.24) is 0 Å². The highest BCUT2D eigenvalue weighted by Gasteiger charge is 2.13. The standard InChI is InChI=1S/C33H66O2S/c1-3-5-7-9-11-13-15-16-17-18-19-20-21-23-25-27-29-32(31-33(34)35)36-30-28-26-24-22-14-12-10-8-6-4-2/h32H,3-31H2,1-2H3,(H,34,35). The molecule has 0 aromatic carbocycles. The van der Waals surface area contributed by atoms with Gasteiger partial charge >= 0.3 is 5.97 Å². The lowest BCUT2D eigenvalue weighted by Gasteiger charge is -2.14. The SMILES string of the molecule is CCCCCCCCCCCCCCCCCCC(CC(=O)O)SCCCCCCCCCCCC. The van der Waals surface area contributed by atoms with Crippen molar-refractivity contribution in [2.24, 2.45) is 0 Å². The summed E-state index contributed by atoms with van der Waals surface area (Å²) < 4.78 is 0. The van der Waals surface area contributed by atoms with E-state index in [1.54, 1.807) is 0 Å². The van der Waals surface area contributed by atoms with Crippen LogP contribution in [-0.4, -0.2) is 22.1 Å². The van der Waals surface area contributed by atoms with Crippen molar-refractivity contribution in [1.29, 1.82) is 0 Å². The zero-order valence-electron chi connectivity index (χ0n) is 24.8. The van der Waals surface area contributed by atoms with Gasteiger partial charge in [0.05, 0.1) is 6.42 Å². The van der Waals surface area contributed by atoms with Gasteiger partial charge in [0.1, 0.15) is 0 Å². The van der Waals surface area contributed by atoms with Crippen LogP contribution in [0, 0.1) is 0 Å². The lowest BCUT2D eigenvalue weighted by molar-refractivity contribution is -0.137. The van der Waals surface area contributed by atoms with Crippen LogP contribution in [-0.2, 0) is 4.79 Å². The summed E-state index contributed by atoms with van der Waals surface area (Å²) in [5, 5.41) is 9.61. The summed E-state index contributed by atoms with van der Waals surface area (Å²) in [4.78, 5) is 11.3. The molecule has 0 aliphatic heterocycles. The van der Waals surface area contributed by atoms with Crippen LogP contribution in [0.5, 0.6) is 0 Å². The van der Waals surface area contributed by atoms with E-state index in [4.69, 9.17) is 0 Å². The molecule has 0 aliphatic carbocycles. The first-order chi connectivity index (χ1) is 17.7. The van der Waals surface area contributed by atoms with Crippen molar-refractivity contribution in [2.75, 3.05) is 5.75 Å². The average Bonchev–Trinajstić information content (AvgIpc) is 2.86. The van der Waals surface area contributed by atoms with E-state index in [9.17, 15) is 9.90 Å². The van der Waals surface area contributed by atoms with Crippen molar-refractivity contribution in [2.45, 2.75) is 199 Å². The fraction of sp³-hybridized carbons (Fsp3) is 0.970. The predicted octanol–water partition coefficient (Wildman–Crippen LogP) is 12.1. The molecule has 0 amide bonds. The van der Waals surface area contributed by atoms with Crippen molar-refractivity contribution < 1.29 is 9.90 Å². The molecule has 0 saturated heterocycles. The molecule has 0 heterocycles. The van der Waals surface area contributed by atoms with Gasteiger partial charge in [-0.25, -0.2) is 0 Å². The predicted molar refractivity (Wildman–Crippen MR) is 165 cm³/mol. The molecule has 0 aromatic rings. The maximum atomic E-state index is 11.3. The number of unbranched alkanes of at least 4 members (excludes halogenated alkanes) is 24. The molecule has 2 nitrogen and oxygen atoms in total. The first-order valence-corrected chi connectivity index (χ1v) is 17.6. The van der Waals surface area contributed by atoms with Crippen molar-refractivity contribution in [3.8, 4) is 0 Å². The lowest BCUT2D eigenvalue weighted by Crippen LogP contribution is -2.10. The maximum absolute atomic E-state index is 11.3. The molecule has 3 heteroatoms. The van der Waals surface area contributed by atoms with E-state index in [1.807, 2.05) is 11.8 Å². The molecule has 0 saturated carbocycles. The van der Waals surface area contributed by atoms with Crippen LogP contribution in [0.2, 0.25) is 0 Å². The van der Waals surface area contributed by atoms with Crippen LogP contribution < -0.4 is 0 Å². The van der Waals surface area contributed by atoms with E-state index in [1.165, 1.54) is 167 Å². The Morgan fingerprint density at radius 1 is 0.500 bits per heavy atom. The minimum atomic E-state index is -0.618. The summed E-state index contributed by atoms with van der Waals surface area (Å²) in [6, 6.07) is 0. The van der Waals surface area contributed by atoms with E-state index in [-0.39, 0.29) is 0 Å². The summed E-state index contributed by atoms with van der Waals surface area (Å²) in [6.07, 6.45) is 37.4. The second kappa shape index (κ2) is 31.0. The second-order valence-electron chi connectivity index (χ2n) is 11.4. The minimum absolute atomic E-state index is 0.327. The molecule has 0 spiro atoms. The largest absolute Gasteiger partial charge is 0.481 e. The number of hydrogen-bond donors (Lipinski definition) is 1. The summed E-state index contributed by atoms with van der Waals surface area (Å²) in [6.45, 7) is 4.57. The molecule has 1 N–H and O–H groups in total. The van der Waals surface area contributed by atoms with Crippen LogP contribution in [0.15, 0.2) is 0 Å². The first kappa shape index (κ1) is 35.8. The Hall–Kier alpha value is -0.180. The van der Waals surface area contributed by atoms with E-state index >= 15 is 0 Å². The fourth-order valence-corrected chi connectivity index (χ4v) is 6.50. The van der Waals surface area contributed by atoms with Gasteiger partial charge in [-0.15, -0.1) is 0 Å². The number of hydrogen-bond acceptors (Lipinski definition) is 2. The van der Waals surface area contributed by atoms with Crippen LogP contribution in [0.3, 0.4) is 0 Å². The number of carbonyl (C=O) groups is 1. The summed E-state index contributed by atoms with van der Waals surface area (Å²) in [5.41, 5.74) is 0. The fourth-order valence-electron chi connectivity index (χ4n) is 5.20. The Labute approximate surface area is 231 Å². The Bertz CT molecular complexity index is 426. The number of aliphatic carboxylic acids is 1. The topological polar surface area (TPSA) is 37.3 Å². The zero-order chi connectivity index (χ0) is 26.4. The Balaban J connectivity index is 3.48. The molecule has 0 aromatic heterocycles. The van der Waals surface area contributed by atoms with Gasteiger partial charge < -0.3 is 5.11 Å². The van der Waals surface area contributed by atoms with Gasteiger partial charge in [0.15, 0.2) is 0 Å². The molecule has 0 radical (unpaired) electrons. The Morgan fingerprint density at radius 2 is 0.806 bits per heavy atom. The smallest absolute Gasteiger partial charge is 0.304 e. The van der Waals surface area contributed by atoms with Crippen LogP contribution in [0.4, 0.5) is 0 Å². The van der Waals surface area contributed by atoms with Crippen molar-refractivity contribution in [3.63, 3.8) is 0 Å². The Kier molecular flexibility index (Phi) is 30.9. The van der Waals surface area contributed by atoms with Crippen LogP contribution in [0.1, 0.15) is 194 Å². The third-order valence-corrected chi connectivity index (χ3v) is 9.03. The summed E-state index contributed by atoms with van der Waals surface area (Å²) >= 11 is 1.93. The second-order valence-corrected chi connectivity index (χ2v) is 12.8. The highest BCUT2D eigenvalue weighted by molar-refractivity contribution is 7.99. The quantitative estimate of drug-likeness (QED) is 0.0912. The molecule has 1 atom stereocenters. The van der Waals surface area contributed by atoms with Gasteiger partial charge in [0, 0.05) is 5.25 Å². The van der Waals surface area contributed by atoms with E-state index in [2.05, 4.69) is 13.8 Å². The highest BCUT2D eigenvalue weighted by Crippen LogP contribution is 2.24. The molecule has 0 rings (SSSR count). The molecule has 216 valence electrons. The van der Waals surface area contributed by atoms with Gasteiger partial charge in [-0.1, -0.05) is 174 Å². The number of carboxylic acids is 1.